The number of aromatic nitrogens is 14. The van der Waals surface area contributed by atoms with Crippen LogP contribution in [0.3, 0.4) is 0 Å². The fourth-order valence-electron chi connectivity index (χ4n) is 14.3. The number of hydrogen-bond acceptors (Lipinski definition) is 19. The zero-order valence-corrected chi connectivity index (χ0v) is 74.8. The van der Waals surface area contributed by atoms with Crippen molar-refractivity contribution in [2.75, 3.05) is 100.0 Å². The second kappa shape index (κ2) is 40.9. The van der Waals surface area contributed by atoms with Gasteiger partial charge in [0.2, 0.25) is 17.7 Å². The van der Waals surface area contributed by atoms with Gasteiger partial charge in [0.1, 0.15) is 63.0 Å². The molecule has 0 aromatic carbocycles. The van der Waals surface area contributed by atoms with Gasteiger partial charge in [-0.2, -0.15) is 0 Å². The Hall–Kier alpha value is -16.8. The van der Waals surface area contributed by atoms with Crippen molar-refractivity contribution < 1.29 is 71.9 Å². The predicted molar refractivity (Wildman–Crippen MR) is 488 cm³/mol. The normalized spacial score (nSPS) is 11.6. The number of anilines is 10. The molecule has 12 rings (SSSR count). The first-order chi connectivity index (χ1) is 62.7. The van der Waals surface area contributed by atoms with Crippen molar-refractivity contribution in [2.45, 2.75) is 37.8 Å². The average molecular weight is 1810 g/mol. The van der Waals surface area contributed by atoms with Crippen molar-refractivity contribution in [1.82, 2.24) is 96.3 Å². The van der Waals surface area contributed by atoms with Crippen molar-refractivity contribution in [1.29, 1.82) is 0 Å². The molecular weight excluding hydrogens is 1710 g/mol. The summed E-state index contributed by atoms with van der Waals surface area (Å²) in [4.78, 5) is 213. The van der Waals surface area contributed by atoms with E-state index < -0.39 is 94.8 Å². The van der Waals surface area contributed by atoms with E-state index in [1.807, 2.05) is 19.0 Å². The molecule has 692 valence electrons. The van der Waals surface area contributed by atoms with Crippen LogP contribution in [0.1, 0.15) is 152 Å². The molecule has 0 aliphatic carbocycles. The number of carbonyl (C=O) groups excluding carboxylic acids is 15. The van der Waals surface area contributed by atoms with Crippen molar-refractivity contribution in [3.63, 3.8) is 0 Å². The summed E-state index contributed by atoms with van der Waals surface area (Å²) >= 11 is 0. The summed E-state index contributed by atoms with van der Waals surface area (Å²) in [5.74, 6) is -8.22. The zero-order chi connectivity index (χ0) is 95.4. The van der Waals surface area contributed by atoms with Gasteiger partial charge in [0.15, 0.2) is 11.6 Å². The highest BCUT2D eigenvalue weighted by molar-refractivity contribution is 6.12. The Morgan fingerprint density at radius 2 is 0.545 bits per heavy atom. The number of nitrogens with two attached hydrogens (primary N) is 1. The lowest BCUT2D eigenvalue weighted by atomic mass is 10.1. The quantitative estimate of drug-likeness (QED) is 0.0247. The summed E-state index contributed by atoms with van der Waals surface area (Å²) in [6, 6.07) is 11.8. The first kappa shape index (κ1) is 94.3. The Balaban J connectivity index is 0.648. The van der Waals surface area contributed by atoms with Crippen molar-refractivity contribution in [3.8, 4) is 0 Å². The van der Waals surface area contributed by atoms with Crippen molar-refractivity contribution in [2.24, 2.45) is 90.3 Å². The number of carbonyl (C=O) groups is 15. The van der Waals surface area contributed by atoms with E-state index in [9.17, 15) is 71.9 Å². The number of imidazole rings is 2. The number of aryl methyl sites for hydroxylation is 12. The standard InChI is InChI=1S/C86H103N31O15/c1-105(2)25-15-19-88-70(118)18-22-93-77(123)62-30-52(42-110(62)7)96-80(126)65-33-54(44-113(65)10)100-79(125)64-32-49(39-112(64)9)95-74(120)59(17-21-92-76(122)61-29-51(41-109(61)6)98-83(129)68-37-57(47-116(68)13)103-86(132)72-90-24-27-107(72)4)104-84(130)69-35-55(45-117(69)14)101-81(127)66-34-53(43-114(66)11)99-78(124)63-31-48(38-111(63)8)94-73(119)58(87)16-20-91-75(121)60-28-50(40-108(60)5)97-82(128)67-36-56(46-115(67)12)102-85(131)71-89-23-26-106(71)3/h23-24,26-47,58-59H,15-22,25,87H2,1-14H3,(H,88,118)(H,91,121)(H,92,122)(H,93,123)(H,94,119)(H,95,120)(H,96,126)(H,97,128)(H,98,129)(H,99,124)(H,100,125)(H,101,127)(H,102,131)(H,103,132)(H,104,130)/t58-,59-/m1/s1. The summed E-state index contributed by atoms with van der Waals surface area (Å²) in [7, 11) is 23.1. The third-order valence-electron chi connectivity index (χ3n) is 21.2. The molecule has 46 heteroatoms. The molecule has 0 aliphatic rings. The number of nitrogens with zero attached hydrogens (tertiary/aromatic N) is 15. The molecule has 0 radical (unpaired) electrons. The van der Waals surface area contributed by atoms with Crippen molar-refractivity contribution >= 4 is 145 Å². The van der Waals surface area contributed by atoms with Gasteiger partial charge < -0.3 is 145 Å². The minimum Gasteiger partial charge on any atom is -0.356 e. The molecule has 12 aromatic rings. The highest BCUT2D eigenvalue weighted by Gasteiger charge is 2.30. The molecule has 0 spiro atoms. The van der Waals surface area contributed by atoms with Crippen LogP contribution in [-0.4, -0.2) is 217 Å². The third-order valence-corrected chi connectivity index (χ3v) is 21.2. The highest BCUT2D eigenvalue weighted by atomic mass is 16.2. The molecule has 2 atom stereocenters. The monoisotopic (exact) mass is 1810 g/mol. The fourth-order valence-corrected chi connectivity index (χ4v) is 14.3. The zero-order valence-electron chi connectivity index (χ0n) is 74.8. The lowest BCUT2D eigenvalue weighted by Gasteiger charge is -2.19. The average Bonchev–Trinajstić information content (AvgIpc) is 1.68. The fraction of sp³-hybridized carbons (Fsp3) is 0.291. The molecule has 0 bridgehead atoms. The molecule has 0 saturated carbocycles. The van der Waals surface area contributed by atoms with Gasteiger partial charge in [-0.05, 0) is 101 Å². The summed E-state index contributed by atoms with van der Waals surface area (Å²) < 4.78 is 17.9. The molecule has 46 nitrogen and oxygen atoms in total. The summed E-state index contributed by atoms with van der Waals surface area (Å²) in [5.41, 5.74) is 9.90. The van der Waals surface area contributed by atoms with E-state index in [4.69, 9.17) is 5.73 Å². The Kier molecular flexibility index (Phi) is 29.2. The Bertz CT molecular complexity index is 6480. The van der Waals surface area contributed by atoms with Crippen LogP contribution in [0.4, 0.5) is 56.9 Å². The first-order valence-electron chi connectivity index (χ1n) is 41.2. The first-order valence-corrected chi connectivity index (χ1v) is 41.2. The maximum Gasteiger partial charge on any atom is 0.291 e. The molecule has 12 aromatic heterocycles. The van der Waals surface area contributed by atoms with Crippen LogP contribution in [0, 0.1) is 0 Å². The second-order valence-electron chi connectivity index (χ2n) is 31.8. The lowest BCUT2D eigenvalue weighted by Crippen LogP contribution is -2.46. The molecule has 17 N–H and O–H groups in total. The molecule has 0 unspecified atom stereocenters. The van der Waals surface area contributed by atoms with Gasteiger partial charge in [0.25, 0.3) is 70.9 Å². The maximum absolute atomic E-state index is 14.6. The Morgan fingerprint density at radius 1 is 0.295 bits per heavy atom. The largest absolute Gasteiger partial charge is 0.356 e. The Morgan fingerprint density at radius 3 is 0.826 bits per heavy atom. The molecule has 132 heavy (non-hydrogen) atoms. The van der Waals surface area contributed by atoms with Crippen LogP contribution >= 0.6 is 0 Å². The number of amides is 15. The minimum atomic E-state index is -1.42. The maximum atomic E-state index is 14.6. The molecule has 15 amide bonds. The van der Waals surface area contributed by atoms with Crippen molar-refractivity contribution in [3.05, 3.63) is 216 Å². The van der Waals surface area contributed by atoms with Crippen LogP contribution in [0.25, 0.3) is 0 Å². The summed E-state index contributed by atoms with van der Waals surface area (Å²) in [5, 5.41) is 41.3. The molecule has 0 aliphatic heterocycles. The van der Waals surface area contributed by atoms with Gasteiger partial charge in [-0.3, -0.25) is 71.9 Å². The SMILES string of the molecule is CN(C)CCCNC(=O)CCNC(=O)c1cc(NC(=O)c2cc(NC(=O)c3cc(NC(=O)[C@@H](CCNC(=O)c4cc(NC(=O)c5cc(NC(=O)c6nccn6C)cn5C)cn4C)NC(=O)c4cc(NC(=O)c5cc(NC(=O)c6cc(NC(=O)[C@H](N)CCNC(=O)c7cc(NC(=O)c8cc(NC(=O)c9nccn9C)cn8C)cn7C)cn6C)cn5C)cn4C)cn3C)cn2C)cn1C. The van der Waals surface area contributed by atoms with Crippen LogP contribution in [0.2, 0.25) is 0 Å². The van der Waals surface area contributed by atoms with Crippen LogP contribution in [0.5, 0.6) is 0 Å². The topological polar surface area (TPSA) is 551 Å². The summed E-state index contributed by atoms with van der Waals surface area (Å²) in [6.45, 7) is 1.16. The third kappa shape index (κ3) is 23.1. The van der Waals surface area contributed by atoms with E-state index in [0.29, 0.717) is 29.3 Å². The van der Waals surface area contributed by atoms with Gasteiger partial charge in [-0.25, -0.2) is 9.97 Å². The molecule has 0 saturated heterocycles. The van der Waals surface area contributed by atoms with Crippen LogP contribution in [-0.2, 0) is 99.0 Å². The predicted octanol–water partition coefficient (Wildman–Crippen LogP) is 3.39. The minimum absolute atomic E-state index is 0.00655. The van der Waals surface area contributed by atoms with Crippen LogP contribution < -0.4 is 85.5 Å². The van der Waals surface area contributed by atoms with Gasteiger partial charge in [-0.15, -0.1) is 0 Å². The smallest absolute Gasteiger partial charge is 0.291 e. The van der Waals surface area contributed by atoms with Crippen LogP contribution in [0.15, 0.2) is 147 Å². The molecule has 12 heterocycles. The molecule has 0 fully saturated rings. The van der Waals surface area contributed by atoms with E-state index in [0.717, 1.165) is 13.0 Å². The number of rotatable bonds is 38. The Labute approximate surface area is 754 Å². The van der Waals surface area contributed by atoms with Gasteiger partial charge in [-0.1, -0.05) is 0 Å². The molecular formula is C86H103N31O15. The van der Waals surface area contributed by atoms with E-state index in [1.54, 1.807) is 124 Å². The highest BCUT2D eigenvalue weighted by Crippen LogP contribution is 2.27. The van der Waals surface area contributed by atoms with Gasteiger partial charge >= 0.3 is 0 Å². The second-order valence-corrected chi connectivity index (χ2v) is 31.8. The van der Waals surface area contributed by atoms with E-state index >= 15 is 0 Å². The van der Waals surface area contributed by atoms with E-state index in [-0.39, 0.29) is 148 Å². The lowest BCUT2D eigenvalue weighted by molar-refractivity contribution is -0.121. The van der Waals surface area contributed by atoms with E-state index in [1.165, 1.54) is 163 Å². The van der Waals surface area contributed by atoms with Gasteiger partial charge in [0, 0.05) is 204 Å². The number of hydrogen-bond donors (Lipinski definition) is 16. The number of nitrogens with one attached hydrogen (secondary N) is 15. The summed E-state index contributed by atoms with van der Waals surface area (Å²) in [6.07, 6.45) is 21.9. The van der Waals surface area contributed by atoms with Gasteiger partial charge in [0.05, 0.1) is 62.9 Å². The van der Waals surface area contributed by atoms with E-state index in [2.05, 4.69) is 89.7 Å².